The second kappa shape index (κ2) is 6.66. The first kappa shape index (κ1) is 15.9. The molecule has 1 amide bonds. The molecule has 1 aromatic rings. The van der Waals surface area contributed by atoms with Crippen LogP contribution in [0, 0.1) is 0 Å². The molecule has 3 rings (SSSR count). The molecule has 0 aromatic carbocycles. The van der Waals surface area contributed by atoms with Crippen LogP contribution in [-0.2, 0) is 14.9 Å². The summed E-state index contributed by atoms with van der Waals surface area (Å²) in [7, 11) is 0. The van der Waals surface area contributed by atoms with E-state index in [0.717, 1.165) is 30.6 Å². The van der Waals surface area contributed by atoms with Gasteiger partial charge in [0.05, 0.1) is 30.8 Å². The smallest absolute Gasteiger partial charge is 0.234 e. The normalized spacial score (nSPS) is 28.0. The minimum absolute atomic E-state index is 0.132. The summed E-state index contributed by atoms with van der Waals surface area (Å²) in [6, 6.07) is 4.06. The molecule has 2 N–H and O–H groups in total. The van der Waals surface area contributed by atoms with Crippen molar-refractivity contribution in [1.29, 1.82) is 0 Å². The fourth-order valence-electron chi connectivity index (χ4n) is 3.69. The topological polar surface area (TPSA) is 70.0 Å². The summed E-state index contributed by atoms with van der Waals surface area (Å²) in [4.78, 5) is 16.2. The van der Waals surface area contributed by atoms with E-state index >= 15 is 0 Å². The van der Waals surface area contributed by atoms with E-state index in [-0.39, 0.29) is 19.1 Å². The average Bonchev–Trinajstić information content (AvgIpc) is 3.25. The molecule has 122 valence electrons. The first-order valence-electron chi connectivity index (χ1n) is 7.90. The van der Waals surface area contributed by atoms with Crippen LogP contribution in [0.4, 0.5) is 0 Å². The molecule has 2 aliphatic rings. The van der Waals surface area contributed by atoms with E-state index in [9.17, 15) is 15.0 Å². The van der Waals surface area contributed by atoms with Gasteiger partial charge in [0.15, 0.2) is 0 Å². The summed E-state index contributed by atoms with van der Waals surface area (Å²) < 4.78 is 5.56. The van der Waals surface area contributed by atoms with Crippen LogP contribution in [0.1, 0.15) is 30.6 Å². The van der Waals surface area contributed by atoms with E-state index in [1.165, 1.54) is 0 Å². The molecule has 1 saturated heterocycles. The van der Waals surface area contributed by atoms with Gasteiger partial charge in [-0.05, 0) is 24.3 Å². The maximum Gasteiger partial charge on any atom is 0.234 e. The number of thiophene rings is 1. The molecule has 2 heterocycles. The number of hydrogen-bond acceptors (Lipinski definition) is 5. The lowest BCUT2D eigenvalue weighted by molar-refractivity contribution is -0.157. The Morgan fingerprint density at radius 1 is 1.27 bits per heavy atom. The zero-order valence-electron chi connectivity index (χ0n) is 12.6. The molecule has 1 aliphatic heterocycles. The second-order valence-electron chi connectivity index (χ2n) is 6.22. The Balaban J connectivity index is 1.84. The van der Waals surface area contributed by atoms with Gasteiger partial charge in [-0.3, -0.25) is 4.79 Å². The minimum Gasteiger partial charge on any atom is -0.394 e. The maximum atomic E-state index is 13.3. The van der Waals surface area contributed by atoms with Gasteiger partial charge >= 0.3 is 0 Å². The number of carbonyl (C=O) groups is 1. The number of aliphatic hydroxyl groups is 2. The highest BCUT2D eigenvalue weighted by atomic mass is 32.1. The van der Waals surface area contributed by atoms with Gasteiger partial charge in [0.2, 0.25) is 5.91 Å². The molecule has 1 aliphatic carbocycles. The van der Waals surface area contributed by atoms with Crippen LogP contribution in [0.3, 0.4) is 0 Å². The molecule has 0 bridgehead atoms. The minimum atomic E-state index is -0.411. The zero-order chi connectivity index (χ0) is 15.6. The highest BCUT2D eigenvalue weighted by Gasteiger charge is 2.47. The number of hydrogen-bond donors (Lipinski definition) is 2. The van der Waals surface area contributed by atoms with Crippen molar-refractivity contribution < 1.29 is 19.7 Å². The summed E-state index contributed by atoms with van der Waals surface area (Å²) in [6.45, 7) is 0.538. The number of rotatable bonds is 4. The van der Waals surface area contributed by atoms with Gasteiger partial charge in [0.1, 0.15) is 0 Å². The molecule has 6 heteroatoms. The lowest BCUT2D eigenvalue weighted by atomic mass is 9.82. The Hall–Kier alpha value is -0.950. The molecular weight excluding hydrogens is 302 g/mol. The number of amides is 1. The first-order valence-corrected chi connectivity index (χ1v) is 8.78. The van der Waals surface area contributed by atoms with Crippen LogP contribution in [0.2, 0.25) is 0 Å². The lowest BCUT2D eigenvalue weighted by Crippen LogP contribution is -2.56. The molecule has 2 fully saturated rings. The average molecular weight is 325 g/mol. The van der Waals surface area contributed by atoms with Gasteiger partial charge in [0, 0.05) is 18.0 Å². The van der Waals surface area contributed by atoms with Crippen molar-refractivity contribution >= 4 is 17.2 Å². The molecule has 0 unspecified atom stereocenters. The Bertz CT molecular complexity index is 486. The fourth-order valence-corrected chi connectivity index (χ4v) is 4.67. The summed E-state index contributed by atoms with van der Waals surface area (Å²) >= 11 is 1.65. The zero-order valence-corrected chi connectivity index (χ0v) is 13.4. The van der Waals surface area contributed by atoms with E-state index in [0.29, 0.717) is 13.1 Å². The molecule has 22 heavy (non-hydrogen) atoms. The van der Waals surface area contributed by atoms with Gasteiger partial charge in [0.25, 0.3) is 0 Å². The number of morpholine rings is 1. The van der Waals surface area contributed by atoms with E-state index in [1.807, 2.05) is 11.4 Å². The Morgan fingerprint density at radius 2 is 1.91 bits per heavy atom. The van der Waals surface area contributed by atoms with E-state index < -0.39 is 17.6 Å². The van der Waals surface area contributed by atoms with Crippen molar-refractivity contribution in [1.82, 2.24) is 4.90 Å². The summed E-state index contributed by atoms with van der Waals surface area (Å²) in [5.41, 5.74) is -0.411. The largest absolute Gasteiger partial charge is 0.394 e. The summed E-state index contributed by atoms with van der Waals surface area (Å²) in [6.07, 6.45) is 3.10. The van der Waals surface area contributed by atoms with Crippen LogP contribution >= 0.6 is 11.3 Å². The van der Waals surface area contributed by atoms with E-state index in [4.69, 9.17) is 4.74 Å². The second-order valence-corrected chi connectivity index (χ2v) is 7.17. The maximum absolute atomic E-state index is 13.3. The molecule has 1 saturated carbocycles. The molecule has 5 nitrogen and oxygen atoms in total. The quantitative estimate of drug-likeness (QED) is 0.871. The Labute approximate surface area is 134 Å². The molecule has 0 radical (unpaired) electrons. The van der Waals surface area contributed by atoms with Gasteiger partial charge in [-0.1, -0.05) is 18.9 Å². The van der Waals surface area contributed by atoms with Crippen molar-refractivity contribution in [2.75, 3.05) is 26.3 Å². The number of nitrogens with zero attached hydrogens (tertiary/aromatic N) is 1. The molecule has 0 spiro atoms. The van der Waals surface area contributed by atoms with Crippen molar-refractivity contribution in [2.45, 2.75) is 43.3 Å². The fraction of sp³-hybridized carbons (Fsp3) is 0.688. The predicted octanol–water partition coefficient (Wildman–Crippen LogP) is 1.14. The number of ether oxygens (including phenoxy) is 1. The van der Waals surface area contributed by atoms with Crippen LogP contribution in [0.25, 0.3) is 0 Å². The van der Waals surface area contributed by atoms with Gasteiger partial charge in [-0.25, -0.2) is 0 Å². The number of carbonyl (C=O) groups excluding carboxylic acids is 1. The van der Waals surface area contributed by atoms with Gasteiger partial charge < -0.3 is 19.8 Å². The lowest BCUT2D eigenvalue weighted by Gasteiger charge is -2.41. The standard InChI is InChI=1S/C16H23NO4S/c18-10-12-8-17(9-13(11-19)21-12)15(20)16(5-1-2-6-16)14-4-3-7-22-14/h3-4,7,12-13,18-19H,1-2,5-6,8-11H2/t12-,13+. The molecule has 2 atom stereocenters. The van der Waals surface area contributed by atoms with Crippen LogP contribution in [-0.4, -0.2) is 59.5 Å². The monoisotopic (exact) mass is 325 g/mol. The number of aliphatic hydroxyl groups excluding tert-OH is 2. The molecular formula is C16H23NO4S. The van der Waals surface area contributed by atoms with Gasteiger partial charge in [-0.2, -0.15) is 0 Å². The van der Waals surface area contributed by atoms with Crippen LogP contribution < -0.4 is 0 Å². The third kappa shape index (κ3) is 2.80. The predicted molar refractivity (Wildman–Crippen MR) is 83.9 cm³/mol. The highest BCUT2D eigenvalue weighted by molar-refractivity contribution is 7.10. The van der Waals surface area contributed by atoms with Crippen molar-refractivity contribution in [2.24, 2.45) is 0 Å². The van der Waals surface area contributed by atoms with Crippen molar-refractivity contribution in [3.63, 3.8) is 0 Å². The van der Waals surface area contributed by atoms with Gasteiger partial charge in [-0.15, -0.1) is 11.3 Å². The SMILES string of the molecule is O=C(N1C[C@@H](CO)O[C@@H](CO)C1)C1(c2cccs2)CCCC1. The molecule has 1 aromatic heterocycles. The van der Waals surface area contributed by atoms with E-state index in [2.05, 4.69) is 6.07 Å². The van der Waals surface area contributed by atoms with Crippen LogP contribution in [0.5, 0.6) is 0 Å². The summed E-state index contributed by atoms with van der Waals surface area (Å²) in [5, 5.41) is 20.8. The third-order valence-electron chi connectivity index (χ3n) is 4.79. The van der Waals surface area contributed by atoms with Crippen LogP contribution in [0.15, 0.2) is 17.5 Å². The third-order valence-corrected chi connectivity index (χ3v) is 5.86. The van der Waals surface area contributed by atoms with Crippen molar-refractivity contribution in [3.8, 4) is 0 Å². The first-order chi connectivity index (χ1) is 10.7. The highest BCUT2D eigenvalue weighted by Crippen LogP contribution is 2.44. The Kier molecular flexibility index (Phi) is 4.82. The Morgan fingerprint density at radius 3 is 2.41 bits per heavy atom. The van der Waals surface area contributed by atoms with Crippen molar-refractivity contribution in [3.05, 3.63) is 22.4 Å². The van der Waals surface area contributed by atoms with E-state index in [1.54, 1.807) is 16.2 Å². The summed E-state index contributed by atoms with van der Waals surface area (Å²) in [5.74, 6) is 0.132.